The summed E-state index contributed by atoms with van der Waals surface area (Å²) in [6.07, 6.45) is 35.0. The third-order valence-corrected chi connectivity index (χ3v) is 25.6. The van der Waals surface area contributed by atoms with E-state index in [1.54, 1.807) is 0 Å². The molecular formula is C96H182N2O25P2. The summed E-state index contributed by atoms with van der Waals surface area (Å²) in [5, 5.41) is 52.0. The van der Waals surface area contributed by atoms with Gasteiger partial charge in [-0.25, -0.2) is 4.57 Å². The van der Waals surface area contributed by atoms with Gasteiger partial charge in [0.25, 0.3) is 0 Å². The minimum atomic E-state index is -5.67. The molecule has 0 unspecified atom stereocenters. The number of carbonyl (C=O) groups excluding carboxylic acids is 6. The Morgan fingerprint density at radius 3 is 1.02 bits per heavy atom. The van der Waals surface area contributed by atoms with E-state index in [4.69, 9.17) is 42.4 Å². The van der Waals surface area contributed by atoms with Gasteiger partial charge in [-0.15, -0.1) is 0 Å². The number of hydrogen-bond donors (Lipinski definition) is 10. The number of carbonyl (C=O) groups is 6. The number of ether oxygens (including phenoxy) is 8. The second-order valence-electron chi connectivity index (χ2n) is 36.2. The lowest BCUT2D eigenvalue weighted by atomic mass is 9.95. The molecule has 29 heteroatoms. The number of nitrogens with one attached hydrogen (secondary N) is 2. The highest BCUT2D eigenvalue weighted by Crippen LogP contribution is 2.43. The Hall–Kier alpha value is -3.24. The third kappa shape index (κ3) is 63.5. The number of phosphoric ester groups is 1. The largest absolute Gasteiger partial charge is 0.470 e. The maximum absolute atomic E-state index is 15.2. The zero-order valence-electron chi connectivity index (χ0n) is 79.0. The van der Waals surface area contributed by atoms with Crippen LogP contribution < -0.4 is 10.6 Å². The van der Waals surface area contributed by atoms with Crippen LogP contribution in [0.3, 0.4) is 0 Å². The Morgan fingerprint density at radius 2 is 0.656 bits per heavy atom. The number of unbranched alkanes of at least 4 members (excludes halogenated alkanes) is 50. The average molecular weight is 1830 g/mol. The standard InChI is InChI=1S/C96H182N2O25P2/c1-7-13-19-25-31-37-38-44-50-56-62-68-86(105)118-80(66-60-54-48-42-35-29-23-17-11-5)74-88(107)122-94-90(98-84(103)73-79(65-59-53-47-41-34-28-22-16-10-4)117-85(104)67-61-55-49-43-36-30-24-18-12-6)96(119-81(75-99)92(94)123-125(112,113)114)116-76-82-91(108)93(121-87(106)72-78(101)64-58-52-46-40-33-27-21-15-9-3)89(95(120-82)115-69-70-124(109,110)111)97-83(102)71-77(100)63-57-51-45-39-32-26-20-14-8-2/h77-82,89-96,99-101,108H,7-76H2,1-6H3,(H,97,102)(H,98,103)(H2,109,110,111)(H2,112,113,114)/t77-,78-,79-,80-,81-,82-,89-,90-,91-,92-,93-,94-,95-,96-/m1/s1. The highest BCUT2D eigenvalue weighted by atomic mass is 31.2. The van der Waals surface area contributed by atoms with E-state index >= 15 is 9.59 Å². The first-order chi connectivity index (χ1) is 60.3. The van der Waals surface area contributed by atoms with Crippen molar-refractivity contribution >= 4 is 51.1 Å². The van der Waals surface area contributed by atoms with E-state index in [1.165, 1.54) is 70.6 Å². The van der Waals surface area contributed by atoms with Gasteiger partial charge in [-0.3, -0.25) is 37.9 Å². The summed E-state index contributed by atoms with van der Waals surface area (Å²) in [6.45, 7) is 10.3. The molecule has 0 aliphatic carbocycles. The molecule has 10 N–H and O–H groups in total. The fourth-order valence-electron chi connectivity index (χ4n) is 16.8. The molecular weight excluding hydrogens is 1640 g/mol. The van der Waals surface area contributed by atoms with Crippen LogP contribution in [0.15, 0.2) is 0 Å². The minimum Gasteiger partial charge on any atom is -0.462 e. The monoisotopic (exact) mass is 1830 g/mol. The highest BCUT2D eigenvalue weighted by molar-refractivity contribution is 7.51. The smallest absolute Gasteiger partial charge is 0.462 e. The molecule has 2 heterocycles. The van der Waals surface area contributed by atoms with Gasteiger partial charge in [0.1, 0.15) is 48.7 Å². The molecule has 0 radical (unpaired) electrons. The van der Waals surface area contributed by atoms with E-state index < -0.39 is 188 Å². The molecule has 0 aromatic heterocycles. The first-order valence-corrected chi connectivity index (χ1v) is 54.0. The Morgan fingerprint density at radius 1 is 0.352 bits per heavy atom. The van der Waals surface area contributed by atoms with Crippen molar-refractivity contribution in [1.82, 2.24) is 10.6 Å². The molecule has 27 nitrogen and oxygen atoms in total. The molecule has 2 amide bonds. The fraction of sp³-hybridized carbons (Fsp3) is 0.938. The number of rotatable bonds is 86. The number of phosphoric acid groups is 1. The van der Waals surface area contributed by atoms with Crippen molar-refractivity contribution in [2.24, 2.45) is 0 Å². The molecule has 2 fully saturated rings. The van der Waals surface area contributed by atoms with Crippen LogP contribution in [-0.4, -0.2) is 187 Å². The summed E-state index contributed by atoms with van der Waals surface area (Å²) in [5.74, 6) is -4.79. The summed E-state index contributed by atoms with van der Waals surface area (Å²) in [6, 6.07) is -3.56. The SMILES string of the molecule is CCCCCCCCCCCCCC(=O)O[C@H](CCCCCCCCCCC)CC(=O)O[C@@H]1[C@@H](NC(=O)C[C@@H](CCCCCCCCCCC)OC(=O)CCCCCCCCCCC)[C@H](OC[C@H]2O[C@@H](OCCP(=O)(O)O)[C@H](NC(=O)C[C@H](O)CCCCCCCCCCC)[C@@H](OC(=O)C[C@H](O)CCCCCCCCCCC)[C@@H]2O)O[C@H](CO)[C@H]1OP(=O)(O)O. The Kier molecular flexibility index (Phi) is 72.8. The van der Waals surface area contributed by atoms with Crippen molar-refractivity contribution in [3.05, 3.63) is 0 Å². The first-order valence-electron chi connectivity index (χ1n) is 50.7. The van der Waals surface area contributed by atoms with Crippen LogP contribution >= 0.6 is 15.4 Å². The lowest BCUT2D eigenvalue weighted by Crippen LogP contribution is -2.68. The predicted molar refractivity (Wildman–Crippen MR) is 490 cm³/mol. The lowest BCUT2D eigenvalue weighted by Gasteiger charge is -2.47. The normalized spacial score (nSPS) is 20.2. The maximum atomic E-state index is 15.2. The van der Waals surface area contributed by atoms with Gasteiger partial charge in [-0.05, 0) is 51.4 Å². The maximum Gasteiger partial charge on any atom is 0.470 e. The van der Waals surface area contributed by atoms with Gasteiger partial charge in [0.2, 0.25) is 11.8 Å². The van der Waals surface area contributed by atoms with Crippen molar-refractivity contribution < 1.29 is 120 Å². The van der Waals surface area contributed by atoms with E-state index in [1.807, 2.05) is 0 Å². The van der Waals surface area contributed by atoms with E-state index in [0.29, 0.717) is 38.5 Å². The third-order valence-electron chi connectivity index (χ3n) is 24.3. The zero-order valence-corrected chi connectivity index (χ0v) is 80.8. The molecule has 736 valence electrons. The molecule has 2 rings (SSSR count). The van der Waals surface area contributed by atoms with Crippen molar-refractivity contribution in [2.45, 2.75) is 551 Å². The van der Waals surface area contributed by atoms with E-state index in [0.717, 1.165) is 250 Å². The second kappa shape index (κ2) is 77.2. The summed E-state index contributed by atoms with van der Waals surface area (Å²) in [4.78, 5) is 128. The average Bonchev–Trinajstić information content (AvgIpc) is 0.779. The van der Waals surface area contributed by atoms with Crippen molar-refractivity contribution in [3.63, 3.8) is 0 Å². The van der Waals surface area contributed by atoms with Gasteiger partial charge in [-0.2, -0.15) is 0 Å². The number of aliphatic hydroxyl groups is 4. The molecule has 2 aliphatic rings. The first kappa shape index (κ1) is 118. The van der Waals surface area contributed by atoms with Gasteiger partial charge in [0.05, 0.1) is 63.9 Å². The van der Waals surface area contributed by atoms with Crippen molar-refractivity contribution in [2.75, 3.05) is 26.0 Å². The topological polar surface area (TPSA) is 406 Å². The van der Waals surface area contributed by atoms with Crippen LogP contribution in [0, 0.1) is 0 Å². The minimum absolute atomic E-state index is 0.0861. The molecule has 0 spiro atoms. The van der Waals surface area contributed by atoms with Crippen molar-refractivity contribution in [3.8, 4) is 0 Å². The molecule has 125 heavy (non-hydrogen) atoms. The van der Waals surface area contributed by atoms with Gasteiger partial charge < -0.3 is 88.5 Å². The molecule has 0 saturated carbocycles. The summed E-state index contributed by atoms with van der Waals surface area (Å²) < 4.78 is 81.1. The van der Waals surface area contributed by atoms with Crippen LogP contribution in [0.25, 0.3) is 0 Å². The van der Waals surface area contributed by atoms with Gasteiger partial charge in [0, 0.05) is 12.8 Å². The quantitative estimate of drug-likeness (QED) is 0.0117. The van der Waals surface area contributed by atoms with Gasteiger partial charge in [-0.1, -0.05) is 375 Å². The summed E-state index contributed by atoms with van der Waals surface area (Å²) in [5.41, 5.74) is 0. The Balaban J connectivity index is 2.87. The number of hydrogen-bond acceptors (Lipinski definition) is 21. The zero-order chi connectivity index (χ0) is 91.8. The molecule has 0 aromatic rings. The molecule has 0 aromatic carbocycles. The van der Waals surface area contributed by atoms with Crippen LogP contribution in [0.4, 0.5) is 0 Å². The Bertz CT molecular complexity index is 2750. The molecule has 0 bridgehead atoms. The molecule has 14 atom stereocenters. The summed E-state index contributed by atoms with van der Waals surface area (Å²) in [7, 11) is -10.5. The van der Waals surface area contributed by atoms with Gasteiger partial charge >= 0.3 is 39.3 Å². The van der Waals surface area contributed by atoms with Crippen LogP contribution in [0.1, 0.15) is 465 Å². The van der Waals surface area contributed by atoms with Gasteiger partial charge in [0.15, 0.2) is 24.8 Å². The van der Waals surface area contributed by atoms with E-state index in [9.17, 15) is 68.3 Å². The van der Waals surface area contributed by atoms with Crippen LogP contribution in [0.5, 0.6) is 0 Å². The predicted octanol–water partition coefficient (Wildman–Crippen LogP) is 20.7. The second-order valence-corrected chi connectivity index (χ2v) is 39.2. The molecule has 2 saturated heterocycles. The van der Waals surface area contributed by atoms with E-state index in [-0.39, 0.29) is 38.5 Å². The Labute approximate surface area is 755 Å². The van der Waals surface area contributed by atoms with Crippen LogP contribution in [0.2, 0.25) is 0 Å². The lowest BCUT2D eigenvalue weighted by molar-refractivity contribution is -0.304. The van der Waals surface area contributed by atoms with E-state index in [2.05, 4.69) is 52.2 Å². The molecule has 2 aliphatic heterocycles. The van der Waals surface area contributed by atoms with Crippen molar-refractivity contribution in [1.29, 1.82) is 0 Å². The highest BCUT2D eigenvalue weighted by Gasteiger charge is 2.54. The number of amides is 2. The fourth-order valence-corrected chi connectivity index (χ4v) is 17.7. The van der Waals surface area contributed by atoms with Crippen LogP contribution in [-0.2, 0) is 80.3 Å². The summed E-state index contributed by atoms with van der Waals surface area (Å²) >= 11 is 0. The number of esters is 4. The number of aliphatic hydroxyl groups excluding tert-OH is 4.